The Morgan fingerprint density at radius 1 is 1.35 bits per heavy atom. The second-order valence-corrected chi connectivity index (χ2v) is 5.47. The van der Waals surface area contributed by atoms with Crippen molar-refractivity contribution in [2.24, 2.45) is 7.05 Å². The molecule has 0 aliphatic rings. The minimum absolute atomic E-state index is 0.0584. The first-order chi connectivity index (χ1) is 8.06. The highest BCUT2D eigenvalue weighted by Gasteiger charge is 2.12. The molecule has 0 saturated heterocycles. The average molecular weight is 358 g/mol. The Kier molecular flexibility index (Phi) is 3.79. The third kappa shape index (κ3) is 3.04. The fraction of sp³-hybridized carbons (Fsp3) is 0.167. The van der Waals surface area contributed by atoms with Crippen LogP contribution in [0.25, 0.3) is 0 Å². The van der Waals surface area contributed by atoms with Crippen molar-refractivity contribution in [3.05, 3.63) is 50.7 Å². The first-order valence-electron chi connectivity index (χ1n) is 5.03. The van der Waals surface area contributed by atoms with E-state index in [1.165, 1.54) is 0 Å². The van der Waals surface area contributed by atoms with Crippen molar-refractivity contribution < 1.29 is 4.79 Å². The van der Waals surface area contributed by atoms with Gasteiger partial charge in [-0.05, 0) is 24.3 Å². The van der Waals surface area contributed by atoms with E-state index >= 15 is 0 Å². The summed E-state index contributed by atoms with van der Waals surface area (Å²) in [6, 6.07) is 7.38. The summed E-state index contributed by atoms with van der Waals surface area (Å²) in [5.41, 5.74) is 1.46. The third-order valence-corrected chi connectivity index (χ3v) is 3.49. The summed E-state index contributed by atoms with van der Waals surface area (Å²) < 4.78 is 3.44. The number of Topliss-reactive ketones (excluding diaryl/α,β-unsaturated/α-hetero) is 1. The maximum Gasteiger partial charge on any atom is 0.170 e. The van der Waals surface area contributed by atoms with Crippen LogP contribution in [-0.4, -0.2) is 15.6 Å². The standard InChI is InChI=1S/C12H10Br2N2O/c1-16-5-4-9(15-16)7-12(17)10-3-2-8(13)6-11(10)14/h2-6H,7H2,1H3. The molecule has 0 bridgehead atoms. The number of aryl methyl sites for hydroxylation is 1. The minimum atomic E-state index is 0.0584. The lowest BCUT2D eigenvalue weighted by atomic mass is 10.1. The number of rotatable bonds is 3. The smallest absolute Gasteiger partial charge is 0.170 e. The van der Waals surface area contributed by atoms with Crippen LogP contribution < -0.4 is 0 Å². The van der Waals surface area contributed by atoms with Gasteiger partial charge < -0.3 is 0 Å². The van der Waals surface area contributed by atoms with Crippen LogP contribution in [0.3, 0.4) is 0 Å². The zero-order valence-electron chi connectivity index (χ0n) is 9.15. The summed E-state index contributed by atoms with van der Waals surface area (Å²) in [6.07, 6.45) is 2.15. The molecule has 0 fully saturated rings. The number of halogens is 2. The van der Waals surface area contributed by atoms with Crippen LogP contribution in [0.15, 0.2) is 39.4 Å². The second kappa shape index (κ2) is 5.14. The fourth-order valence-corrected chi connectivity index (χ4v) is 2.80. The summed E-state index contributed by atoms with van der Waals surface area (Å²) in [4.78, 5) is 12.1. The largest absolute Gasteiger partial charge is 0.294 e. The van der Waals surface area contributed by atoms with Gasteiger partial charge in [0, 0.05) is 27.8 Å². The van der Waals surface area contributed by atoms with E-state index in [0.717, 1.165) is 14.6 Å². The Morgan fingerprint density at radius 3 is 2.71 bits per heavy atom. The predicted molar refractivity (Wildman–Crippen MR) is 73.1 cm³/mol. The molecule has 3 nitrogen and oxygen atoms in total. The molecule has 0 aliphatic heterocycles. The molecule has 0 amide bonds. The van der Waals surface area contributed by atoms with Crippen LogP contribution in [0, 0.1) is 0 Å². The maximum absolute atomic E-state index is 12.1. The Morgan fingerprint density at radius 2 is 2.12 bits per heavy atom. The van der Waals surface area contributed by atoms with E-state index in [1.807, 2.05) is 31.4 Å². The van der Waals surface area contributed by atoms with Crippen molar-refractivity contribution >= 4 is 37.6 Å². The Hall–Kier alpha value is -0.940. The first kappa shape index (κ1) is 12.5. The molecular formula is C12H10Br2N2O. The molecule has 1 aromatic heterocycles. The Bertz CT molecular complexity index is 563. The number of benzene rings is 1. The number of nitrogens with zero attached hydrogens (tertiary/aromatic N) is 2. The maximum atomic E-state index is 12.1. The summed E-state index contributed by atoms with van der Waals surface area (Å²) in [6.45, 7) is 0. The monoisotopic (exact) mass is 356 g/mol. The number of aromatic nitrogens is 2. The molecule has 0 unspecified atom stereocenters. The molecule has 17 heavy (non-hydrogen) atoms. The van der Waals surface area contributed by atoms with Crippen LogP contribution in [-0.2, 0) is 13.5 Å². The van der Waals surface area contributed by atoms with Crippen molar-refractivity contribution in [1.29, 1.82) is 0 Å². The van der Waals surface area contributed by atoms with Gasteiger partial charge in [0.1, 0.15) is 0 Å². The van der Waals surface area contributed by atoms with Gasteiger partial charge in [-0.25, -0.2) is 0 Å². The zero-order valence-corrected chi connectivity index (χ0v) is 12.3. The molecule has 5 heteroatoms. The molecule has 0 N–H and O–H groups in total. The van der Waals surface area contributed by atoms with Gasteiger partial charge in [0.25, 0.3) is 0 Å². The predicted octanol–water partition coefficient (Wildman–Crippen LogP) is 3.37. The summed E-state index contributed by atoms with van der Waals surface area (Å²) in [7, 11) is 1.84. The van der Waals surface area contributed by atoms with Gasteiger partial charge in [-0.2, -0.15) is 5.10 Å². The van der Waals surface area contributed by atoms with Gasteiger partial charge in [-0.3, -0.25) is 9.48 Å². The van der Waals surface area contributed by atoms with E-state index in [1.54, 1.807) is 10.7 Å². The van der Waals surface area contributed by atoms with Crippen LogP contribution in [0.1, 0.15) is 16.1 Å². The van der Waals surface area contributed by atoms with Crippen LogP contribution >= 0.6 is 31.9 Å². The lowest BCUT2D eigenvalue weighted by molar-refractivity contribution is 0.0991. The van der Waals surface area contributed by atoms with Crippen molar-refractivity contribution in [3.8, 4) is 0 Å². The number of hydrogen-bond acceptors (Lipinski definition) is 2. The highest BCUT2D eigenvalue weighted by molar-refractivity contribution is 9.11. The molecule has 1 aromatic carbocycles. The SMILES string of the molecule is Cn1ccc(CC(=O)c2ccc(Br)cc2Br)n1. The van der Waals surface area contributed by atoms with Crippen LogP contribution in [0.2, 0.25) is 0 Å². The lowest BCUT2D eigenvalue weighted by Crippen LogP contribution is -2.05. The average Bonchev–Trinajstić information content (AvgIpc) is 2.63. The topological polar surface area (TPSA) is 34.9 Å². The van der Waals surface area contributed by atoms with Gasteiger partial charge in [0.05, 0.1) is 12.1 Å². The van der Waals surface area contributed by atoms with Gasteiger partial charge in [0.2, 0.25) is 0 Å². The first-order valence-corrected chi connectivity index (χ1v) is 6.61. The molecule has 88 valence electrons. The Balaban J connectivity index is 2.20. The van der Waals surface area contributed by atoms with Gasteiger partial charge >= 0.3 is 0 Å². The van der Waals surface area contributed by atoms with Gasteiger partial charge in [0.15, 0.2) is 5.78 Å². The molecule has 2 aromatic rings. The third-order valence-electron chi connectivity index (χ3n) is 2.34. The highest BCUT2D eigenvalue weighted by atomic mass is 79.9. The fourth-order valence-electron chi connectivity index (χ4n) is 1.53. The minimum Gasteiger partial charge on any atom is -0.294 e. The van der Waals surface area contributed by atoms with E-state index in [2.05, 4.69) is 37.0 Å². The van der Waals surface area contributed by atoms with E-state index in [-0.39, 0.29) is 5.78 Å². The van der Waals surface area contributed by atoms with Crippen LogP contribution in [0.4, 0.5) is 0 Å². The zero-order chi connectivity index (χ0) is 12.4. The lowest BCUT2D eigenvalue weighted by Gasteiger charge is -2.02. The molecule has 0 spiro atoms. The molecule has 0 aliphatic carbocycles. The number of ketones is 1. The number of hydrogen-bond donors (Lipinski definition) is 0. The molecule has 0 radical (unpaired) electrons. The number of carbonyl (C=O) groups excluding carboxylic acids is 1. The molecular weight excluding hydrogens is 348 g/mol. The van der Waals surface area contributed by atoms with E-state index in [4.69, 9.17) is 0 Å². The van der Waals surface area contributed by atoms with Crippen LogP contribution in [0.5, 0.6) is 0 Å². The number of carbonyl (C=O) groups is 1. The summed E-state index contributed by atoms with van der Waals surface area (Å²) in [5, 5.41) is 4.19. The molecule has 0 atom stereocenters. The van der Waals surface area contributed by atoms with E-state index in [0.29, 0.717) is 12.0 Å². The Labute approximate surface area is 116 Å². The normalized spacial score (nSPS) is 10.5. The van der Waals surface area contributed by atoms with Crippen molar-refractivity contribution in [3.63, 3.8) is 0 Å². The van der Waals surface area contributed by atoms with E-state index < -0.39 is 0 Å². The van der Waals surface area contributed by atoms with Gasteiger partial charge in [-0.15, -0.1) is 0 Å². The van der Waals surface area contributed by atoms with Crippen molar-refractivity contribution in [2.45, 2.75) is 6.42 Å². The highest BCUT2D eigenvalue weighted by Crippen LogP contribution is 2.23. The molecule has 2 rings (SSSR count). The second-order valence-electron chi connectivity index (χ2n) is 3.70. The van der Waals surface area contributed by atoms with Crippen molar-refractivity contribution in [1.82, 2.24) is 9.78 Å². The van der Waals surface area contributed by atoms with Crippen molar-refractivity contribution in [2.75, 3.05) is 0 Å². The van der Waals surface area contributed by atoms with E-state index in [9.17, 15) is 4.79 Å². The van der Waals surface area contributed by atoms with Gasteiger partial charge in [-0.1, -0.05) is 31.9 Å². The summed E-state index contributed by atoms with van der Waals surface area (Å²) >= 11 is 6.75. The molecule has 0 saturated carbocycles. The molecule has 1 heterocycles. The summed E-state index contributed by atoms with van der Waals surface area (Å²) in [5.74, 6) is 0.0584. The quantitative estimate of drug-likeness (QED) is 0.789.